The number of thiazole rings is 1. The Balaban J connectivity index is 1.73. The fraction of sp³-hybridized carbons (Fsp3) is 0.800. The Kier molecular flexibility index (Phi) is 2.23. The molecule has 1 spiro atoms. The average Bonchev–Trinajstić information content (AvgIpc) is 3.12. The predicted molar refractivity (Wildman–Crippen MR) is 79.1 cm³/mol. The molecular weight excluding hydrogens is 274 g/mol. The Hall–Kier alpha value is -0.220. The molecule has 4 unspecified atom stereocenters. The maximum Gasteiger partial charge on any atom is 0.305 e. The molecule has 1 aliphatic heterocycles. The highest BCUT2D eigenvalue weighted by molar-refractivity contribution is 8.00. The summed E-state index contributed by atoms with van der Waals surface area (Å²) < 4.78 is 0. The standard InChI is InChI=1S/C15H19NOS2/c17-14-16-13-12(19-14)15(5-1-2-6-15)10-8-3-4-9(7-8)11(10)18-13/h8-11H,1-7H2,(H,16,17). The van der Waals surface area contributed by atoms with E-state index in [1.165, 1.54) is 66.2 Å². The molecule has 0 radical (unpaired) electrons. The zero-order chi connectivity index (χ0) is 12.6. The number of nitrogens with one attached hydrogen (secondary N) is 1. The van der Waals surface area contributed by atoms with Crippen molar-refractivity contribution in [3.05, 3.63) is 14.5 Å². The Morgan fingerprint density at radius 1 is 1.16 bits per heavy atom. The third-order valence-corrected chi connectivity index (χ3v) is 9.02. The van der Waals surface area contributed by atoms with Gasteiger partial charge in [0.15, 0.2) is 0 Å². The minimum Gasteiger partial charge on any atom is -0.307 e. The van der Waals surface area contributed by atoms with E-state index < -0.39 is 0 Å². The summed E-state index contributed by atoms with van der Waals surface area (Å²) in [7, 11) is 0. The second-order valence-corrected chi connectivity index (χ2v) is 9.15. The maximum atomic E-state index is 11.8. The third-order valence-electron chi connectivity index (χ3n) is 6.30. The van der Waals surface area contributed by atoms with Crippen molar-refractivity contribution < 1.29 is 0 Å². The number of hydrogen-bond acceptors (Lipinski definition) is 3. The quantitative estimate of drug-likeness (QED) is 0.790. The molecule has 3 fully saturated rings. The zero-order valence-corrected chi connectivity index (χ0v) is 12.6. The van der Waals surface area contributed by atoms with Gasteiger partial charge in [-0.25, -0.2) is 0 Å². The van der Waals surface area contributed by atoms with Crippen LogP contribution in [0.25, 0.3) is 0 Å². The molecule has 19 heavy (non-hydrogen) atoms. The van der Waals surface area contributed by atoms with Crippen molar-refractivity contribution in [2.45, 2.75) is 60.6 Å². The number of fused-ring (bicyclic) bond motifs is 8. The van der Waals surface area contributed by atoms with Crippen molar-refractivity contribution in [2.75, 3.05) is 0 Å². The summed E-state index contributed by atoms with van der Waals surface area (Å²) in [4.78, 5) is 16.6. The summed E-state index contributed by atoms with van der Waals surface area (Å²) in [5, 5.41) is 2.07. The molecule has 0 amide bonds. The van der Waals surface area contributed by atoms with Gasteiger partial charge >= 0.3 is 4.87 Å². The highest BCUT2D eigenvalue weighted by Crippen LogP contribution is 2.67. The molecule has 1 aromatic heterocycles. The van der Waals surface area contributed by atoms with Crippen molar-refractivity contribution in [2.24, 2.45) is 17.8 Å². The van der Waals surface area contributed by atoms with Crippen molar-refractivity contribution in [3.63, 3.8) is 0 Å². The lowest BCUT2D eigenvalue weighted by Gasteiger charge is -2.47. The first kappa shape index (κ1) is 11.4. The highest BCUT2D eigenvalue weighted by Gasteiger charge is 2.61. The van der Waals surface area contributed by atoms with E-state index in [1.54, 1.807) is 0 Å². The summed E-state index contributed by atoms with van der Waals surface area (Å²) in [6, 6.07) is 0. The second kappa shape index (κ2) is 3.70. The molecule has 4 heteroatoms. The van der Waals surface area contributed by atoms with Gasteiger partial charge in [0, 0.05) is 15.5 Å². The van der Waals surface area contributed by atoms with Gasteiger partial charge in [0.25, 0.3) is 0 Å². The number of thioether (sulfide) groups is 1. The SMILES string of the molecule is O=c1[nH]c2c(s1)C1(CCCC1)C1C3CCC(C3)C1S2. The first-order valence-corrected chi connectivity index (χ1v) is 9.38. The van der Waals surface area contributed by atoms with Crippen molar-refractivity contribution in [3.8, 4) is 0 Å². The van der Waals surface area contributed by atoms with E-state index in [1.807, 2.05) is 11.8 Å². The van der Waals surface area contributed by atoms with Crippen molar-refractivity contribution in [1.82, 2.24) is 4.98 Å². The largest absolute Gasteiger partial charge is 0.307 e. The molecule has 1 aromatic rings. The smallest absolute Gasteiger partial charge is 0.305 e. The van der Waals surface area contributed by atoms with Crippen LogP contribution in [0.2, 0.25) is 0 Å². The number of aromatic amines is 1. The van der Waals surface area contributed by atoms with E-state index in [-0.39, 0.29) is 4.87 Å². The summed E-state index contributed by atoms with van der Waals surface area (Å²) in [6.45, 7) is 0. The Bertz CT molecular complexity index is 583. The predicted octanol–water partition coefficient (Wildman–Crippen LogP) is 3.77. The van der Waals surface area contributed by atoms with Crippen LogP contribution in [0.4, 0.5) is 0 Å². The van der Waals surface area contributed by atoms with Crippen LogP contribution in [-0.2, 0) is 5.41 Å². The van der Waals surface area contributed by atoms with E-state index >= 15 is 0 Å². The molecule has 0 aromatic carbocycles. The second-order valence-electron chi connectivity index (χ2n) is 6.98. The molecule has 3 saturated carbocycles. The van der Waals surface area contributed by atoms with Crippen LogP contribution in [0.5, 0.6) is 0 Å². The van der Waals surface area contributed by atoms with E-state index in [9.17, 15) is 4.79 Å². The van der Waals surface area contributed by atoms with Crippen LogP contribution in [0.3, 0.4) is 0 Å². The molecule has 5 rings (SSSR count). The van der Waals surface area contributed by atoms with Crippen LogP contribution in [-0.4, -0.2) is 10.2 Å². The minimum absolute atomic E-state index is 0.177. The number of aromatic nitrogens is 1. The van der Waals surface area contributed by atoms with Crippen LogP contribution in [0.15, 0.2) is 9.82 Å². The van der Waals surface area contributed by atoms with Gasteiger partial charge in [-0.1, -0.05) is 24.2 Å². The van der Waals surface area contributed by atoms with Gasteiger partial charge in [0.2, 0.25) is 0 Å². The Morgan fingerprint density at radius 3 is 2.79 bits per heavy atom. The van der Waals surface area contributed by atoms with Gasteiger partial charge in [-0.3, -0.25) is 4.79 Å². The fourth-order valence-electron chi connectivity index (χ4n) is 5.75. The minimum atomic E-state index is 0.177. The highest BCUT2D eigenvalue weighted by atomic mass is 32.2. The molecule has 4 atom stereocenters. The normalized spacial score (nSPS) is 41.7. The summed E-state index contributed by atoms with van der Waals surface area (Å²) in [6.07, 6.45) is 9.82. The van der Waals surface area contributed by atoms with Gasteiger partial charge in [-0.05, 0) is 49.9 Å². The summed E-state index contributed by atoms with van der Waals surface area (Å²) in [5.41, 5.74) is 0.398. The summed E-state index contributed by atoms with van der Waals surface area (Å²) >= 11 is 3.56. The molecular formula is C15H19NOS2. The topological polar surface area (TPSA) is 32.9 Å². The lowest BCUT2D eigenvalue weighted by atomic mass is 9.65. The van der Waals surface area contributed by atoms with Crippen LogP contribution in [0, 0.1) is 17.8 Å². The average molecular weight is 293 g/mol. The third kappa shape index (κ3) is 1.33. The Morgan fingerprint density at radius 2 is 1.95 bits per heavy atom. The molecule has 2 bridgehead atoms. The number of H-pyrrole nitrogens is 1. The van der Waals surface area contributed by atoms with E-state index in [0.29, 0.717) is 5.41 Å². The molecule has 102 valence electrons. The monoisotopic (exact) mass is 293 g/mol. The molecule has 1 N–H and O–H groups in total. The van der Waals surface area contributed by atoms with Gasteiger partial charge in [0.05, 0.1) is 5.03 Å². The zero-order valence-electron chi connectivity index (χ0n) is 11.0. The number of rotatable bonds is 0. The molecule has 2 heterocycles. The van der Waals surface area contributed by atoms with Crippen LogP contribution >= 0.6 is 23.1 Å². The first-order chi connectivity index (χ1) is 9.28. The van der Waals surface area contributed by atoms with Crippen LogP contribution in [0.1, 0.15) is 49.8 Å². The van der Waals surface area contributed by atoms with E-state index in [0.717, 1.165) is 23.0 Å². The fourth-order valence-corrected chi connectivity index (χ4v) is 8.92. The van der Waals surface area contributed by atoms with Gasteiger partial charge < -0.3 is 4.98 Å². The van der Waals surface area contributed by atoms with Gasteiger partial charge in [-0.2, -0.15) is 0 Å². The molecule has 2 nitrogen and oxygen atoms in total. The number of hydrogen-bond donors (Lipinski definition) is 1. The lowest BCUT2D eigenvalue weighted by Crippen LogP contribution is -2.44. The maximum absolute atomic E-state index is 11.8. The van der Waals surface area contributed by atoms with Gasteiger partial charge in [-0.15, -0.1) is 11.8 Å². The first-order valence-electron chi connectivity index (χ1n) is 7.68. The van der Waals surface area contributed by atoms with Crippen molar-refractivity contribution in [1.29, 1.82) is 0 Å². The van der Waals surface area contributed by atoms with E-state index in [4.69, 9.17) is 0 Å². The van der Waals surface area contributed by atoms with Crippen LogP contribution < -0.4 is 4.87 Å². The molecule has 4 aliphatic rings. The van der Waals surface area contributed by atoms with Crippen molar-refractivity contribution >= 4 is 23.1 Å². The summed E-state index contributed by atoms with van der Waals surface area (Å²) in [5.74, 6) is 2.79. The Labute approximate surface area is 121 Å². The van der Waals surface area contributed by atoms with Gasteiger partial charge in [0.1, 0.15) is 0 Å². The molecule has 0 saturated heterocycles. The molecule has 3 aliphatic carbocycles. The van der Waals surface area contributed by atoms with E-state index in [2.05, 4.69) is 4.98 Å². The lowest BCUT2D eigenvalue weighted by molar-refractivity contribution is 0.188.